The number of nitrogen functional groups attached to an aromatic ring is 1. The van der Waals surface area contributed by atoms with Crippen molar-refractivity contribution in [2.24, 2.45) is 5.73 Å². The number of hydrogen-bond donors (Lipinski definition) is 2. The van der Waals surface area contributed by atoms with Gasteiger partial charge < -0.3 is 16.2 Å². The molecule has 1 atom stereocenters. The van der Waals surface area contributed by atoms with Gasteiger partial charge in [0.2, 0.25) is 0 Å². The van der Waals surface area contributed by atoms with Crippen LogP contribution in [0.2, 0.25) is 0 Å². The second-order valence-corrected chi connectivity index (χ2v) is 5.12. The fourth-order valence-corrected chi connectivity index (χ4v) is 2.03. The quantitative estimate of drug-likeness (QED) is 0.865. The molecule has 2 aromatic heterocycles. The lowest BCUT2D eigenvalue weighted by atomic mass is 10.2. The first-order chi connectivity index (χ1) is 9.81. The standard InChI is InChI=1S/C14H18N4O3/c1-7(2)18-13-9(4-10(15)6-17-13)5-11(14(18)20)21-8(3)12(16)19/h4-8H,15H2,1-3H3,(H2,16,19). The van der Waals surface area contributed by atoms with E-state index in [4.69, 9.17) is 16.2 Å². The molecule has 0 fully saturated rings. The zero-order valence-electron chi connectivity index (χ0n) is 12.2. The van der Waals surface area contributed by atoms with Gasteiger partial charge in [0.05, 0.1) is 11.9 Å². The summed E-state index contributed by atoms with van der Waals surface area (Å²) < 4.78 is 6.87. The Balaban J connectivity index is 2.69. The molecular formula is C14H18N4O3. The van der Waals surface area contributed by atoms with Gasteiger partial charge in [0.25, 0.3) is 11.5 Å². The van der Waals surface area contributed by atoms with E-state index in [1.165, 1.54) is 23.8 Å². The zero-order valence-corrected chi connectivity index (χ0v) is 12.2. The Kier molecular flexibility index (Phi) is 3.84. The van der Waals surface area contributed by atoms with E-state index in [-0.39, 0.29) is 17.4 Å². The summed E-state index contributed by atoms with van der Waals surface area (Å²) in [4.78, 5) is 27.8. The van der Waals surface area contributed by atoms with Crippen LogP contribution in [-0.2, 0) is 4.79 Å². The molecule has 4 N–H and O–H groups in total. The third-order valence-electron chi connectivity index (χ3n) is 3.08. The zero-order chi connectivity index (χ0) is 15.7. The molecule has 7 nitrogen and oxygen atoms in total. The molecule has 0 aliphatic rings. The van der Waals surface area contributed by atoms with Crippen LogP contribution in [0, 0.1) is 0 Å². The summed E-state index contributed by atoms with van der Waals surface area (Å²) in [7, 11) is 0. The molecule has 0 aromatic carbocycles. The third-order valence-corrected chi connectivity index (χ3v) is 3.08. The molecule has 21 heavy (non-hydrogen) atoms. The molecule has 2 aromatic rings. The lowest BCUT2D eigenvalue weighted by Crippen LogP contribution is -2.34. The second kappa shape index (κ2) is 5.43. The Labute approximate surface area is 121 Å². The molecular weight excluding hydrogens is 272 g/mol. The van der Waals surface area contributed by atoms with Crippen LogP contribution in [0.3, 0.4) is 0 Å². The summed E-state index contributed by atoms with van der Waals surface area (Å²) in [5.74, 6) is -0.591. The Hall–Kier alpha value is -2.57. The van der Waals surface area contributed by atoms with Gasteiger partial charge in [0.15, 0.2) is 11.9 Å². The number of amides is 1. The average molecular weight is 290 g/mol. The number of rotatable bonds is 4. The molecule has 0 bridgehead atoms. The van der Waals surface area contributed by atoms with E-state index in [2.05, 4.69) is 4.98 Å². The SMILES string of the molecule is CC(Oc1cc2cc(N)cnc2n(C(C)C)c1=O)C(N)=O. The number of pyridine rings is 2. The highest BCUT2D eigenvalue weighted by atomic mass is 16.5. The maximum Gasteiger partial charge on any atom is 0.294 e. The van der Waals surface area contributed by atoms with Crippen LogP contribution in [0.5, 0.6) is 5.75 Å². The van der Waals surface area contributed by atoms with E-state index in [1.807, 2.05) is 13.8 Å². The van der Waals surface area contributed by atoms with Gasteiger partial charge in [-0.1, -0.05) is 0 Å². The number of nitrogens with zero attached hydrogens (tertiary/aromatic N) is 2. The van der Waals surface area contributed by atoms with E-state index in [0.717, 1.165) is 0 Å². The van der Waals surface area contributed by atoms with Crippen LogP contribution >= 0.6 is 0 Å². The van der Waals surface area contributed by atoms with E-state index in [0.29, 0.717) is 16.7 Å². The third kappa shape index (κ3) is 2.81. The Bertz CT molecular complexity index is 752. The number of anilines is 1. The molecule has 112 valence electrons. The van der Waals surface area contributed by atoms with Crippen LogP contribution in [0.15, 0.2) is 23.1 Å². The topological polar surface area (TPSA) is 113 Å². The maximum absolute atomic E-state index is 12.5. The van der Waals surface area contributed by atoms with Crippen LogP contribution in [0.4, 0.5) is 5.69 Å². The minimum Gasteiger partial charge on any atom is -0.475 e. The lowest BCUT2D eigenvalue weighted by molar-refractivity contribution is -0.124. The van der Waals surface area contributed by atoms with Gasteiger partial charge >= 0.3 is 0 Å². The minimum atomic E-state index is -0.898. The fraction of sp³-hybridized carbons (Fsp3) is 0.357. The Morgan fingerprint density at radius 2 is 2.00 bits per heavy atom. The first kappa shape index (κ1) is 14.8. The highest BCUT2D eigenvalue weighted by Crippen LogP contribution is 2.21. The first-order valence-electron chi connectivity index (χ1n) is 6.58. The molecule has 2 rings (SSSR count). The second-order valence-electron chi connectivity index (χ2n) is 5.12. The number of nitrogens with two attached hydrogens (primary N) is 2. The van der Waals surface area contributed by atoms with Gasteiger partial charge in [0.1, 0.15) is 5.65 Å². The van der Waals surface area contributed by atoms with E-state index in [1.54, 1.807) is 6.07 Å². The van der Waals surface area contributed by atoms with Gasteiger partial charge in [-0.3, -0.25) is 14.2 Å². The van der Waals surface area contributed by atoms with Gasteiger partial charge in [-0.05, 0) is 32.9 Å². The summed E-state index contributed by atoms with van der Waals surface area (Å²) in [6.07, 6.45) is 0.595. The predicted octanol–water partition coefficient (Wildman–Crippen LogP) is 0.812. The summed E-state index contributed by atoms with van der Waals surface area (Å²) in [6, 6.07) is 3.10. The van der Waals surface area contributed by atoms with Crippen LogP contribution in [0.1, 0.15) is 26.8 Å². The first-order valence-corrected chi connectivity index (χ1v) is 6.58. The summed E-state index contributed by atoms with van der Waals surface area (Å²) in [5, 5.41) is 0.662. The van der Waals surface area contributed by atoms with Gasteiger partial charge in [-0.15, -0.1) is 0 Å². The summed E-state index contributed by atoms with van der Waals surface area (Å²) >= 11 is 0. The number of ether oxygens (including phenoxy) is 1. The fourth-order valence-electron chi connectivity index (χ4n) is 2.03. The molecule has 1 amide bonds. The molecule has 0 saturated carbocycles. The maximum atomic E-state index is 12.5. The monoisotopic (exact) mass is 290 g/mol. The van der Waals surface area contributed by atoms with Crippen molar-refractivity contribution in [3.8, 4) is 5.75 Å². The summed E-state index contributed by atoms with van der Waals surface area (Å²) in [6.45, 7) is 5.21. The van der Waals surface area contributed by atoms with Gasteiger partial charge in [-0.2, -0.15) is 0 Å². The van der Waals surface area contributed by atoms with Crippen molar-refractivity contribution < 1.29 is 9.53 Å². The predicted molar refractivity (Wildman–Crippen MR) is 80.1 cm³/mol. The Morgan fingerprint density at radius 3 is 2.57 bits per heavy atom. The molecule has 1 unspecified atom stereocenters. The van der Waals surface area contributed by atoms with Crippen molar-refractivity contribution in [2.45, 2.75) is 32.9 Å². The molecule has 0 saturated heterocycles. The molecule has 0 radical (unpaired) electrons. The number of aromatic nitrogens is 2. The molecule has 0 aliphatic carbocycles. The molecule has 7 heteroatoms. The average Bonchev–Trinajstić information content (AvgIpc) is 2.39. The van der Waals surface area contributed by atoms with Crippen LogP contribution in [0.25, 0.3) is 11.0 Å². The largest absolute Gasteiger partial charge is 0.475 e. The van der Waals surface area contributed by atoms with Gasteiger partial charge in [0, 0.05) is 11.4 Å². The van der Waals surface area contributed by atoms with Gasteiger partial charge in [-0.25, -0.2) is 4.98 Å². The van der Waals surface area contributed by atoms with Crippen molar-refractivity contribution in [1.29, 1.82) is 0 Å². The molecule has 0 spiro atoms. The normalized spacial score (nSPS) is 12.6. The van der Waals surface area contributed by atoms with E-state index < -0.39 is 12.0 Å². The number of carbonyl (C=O) groups is 1. The van der Waals surface area contributed by atoms with Crippen molar-refractivity contribution in [3.05, 3.63) is 28.7 Å². The van der Waals surface area contributed by atoms with Crippen LogP contribution < -0.4 is 21.8 Å². The number of fused-ring (bicyclic) bond motifs is 1. The van der Waals surface area contributed by atoms with Crippen LogP contribution in [-0.4, -0.2) is 21.6 Å². The lowest BCUT2D eigenvalue weighted by Gasteiger charge is -2.17. The highest BCUT2D eigenvalue weighted by molar-refractivity contribution is 5.81. The smallest absolute Gasteiger partial charge is 0.294 e. The highest BCUT2D eigenvalue weighted by Gasteiger charge is 2.18. The summed E-state index contributed by atoms with van der Waals surface area (Å²) in [5.41, 5.74) is 11.5. The Morgan fingerprint density at radius 1 is 1.33 bits per heavy atom. The molecule has 2 heterocycles. The van der Waals surface area contributed by atoms with Crippen molar-refractivity contribution in [1.82, 2.24) is 9.55 Å². The number of hydrogen-bond acceptors (Lipinski definition) is 5. The minimum absolute atomic E-state index is 0.0508. The van der Waals surface area contributed by atoms with Crippen molar-refractivity contribution >= 4 is 22.6 Å². The number of primary amides is 1. The van der Waals surface area contributed by atoms with Crippen molar-refractivity contribution in [2.75, 3.05) is 5.73 Å². The van der Waals surface area contributed by atoms with E-state index >= 15 is 0 Å². The number of carbonyl (C=O) groups excluding carboxylic acids is 1. The van der Waals surface area contributed by atoms with Crippen molar-refractivity contribution in [3.63, 3.8) is 0 Å². The molecule has 0 aliphatic heterocycles. The van der Waals surface area contributed by atoms with E-state index in [9.17, 15) is 9.59 Å².